The van der Waals surface area contributed by atoms with Crippen molar-refractivity contribution in [2.45, 2.75) is 26.7 Å². The predicted octanol–water partition coefficient (Wildman–Crippen LogP) is 3.25. The van der Waals surface area contributed by atoms with Crippen LogP contribution in [0.4, 0.5) is 0 Å². The Hall–Kier alpha value is -1.83. The van der Waals surface area contributed by atoms with Crippen LogP contribution in [0.3, 0.4) is 0 Å². The molecule has 0 radical (unpaired) electrons. The first-order valence-electron chi connectivity index (χ1n) is 5.91. The highest BCUT2D eigenvalue weighted by molar-refractivity contribution is 5.36. The molecule has 0 saturated carbocycles. The van der Waals surface area contributed by atoms with Crippen LogP contribution in [0.2, 0.25) is 0 Å². The van der Waals surface area contributed by atoms with Crippen LogP contribution in [0.5, 0.6) is 5.75 Å². The highest BCUT2D eigenvalue weighted by atomic mass is 16.3. The number of benzene rings is 1. The topological polar surface area (TPSA) is 33.1 Å². The summed E-state index contributed by atoms with van der Waals surface area (Å²) >= 11 is 0. The van der Waals surface area contributed by atoms with Crippen molar-refractivity contribution in [2.75, 3.05) is 0 Å². The Bertz CT molecular complexity index is 503. The van der Waals surface area contributed by atoms with Crippen LogP contribution >= 0.6 is 0 Å². The maximum Gasteiger partial charge on any atom is 0.118 e. The number of aromatic hydroxyl groups is 1. The molecule has 1 heterocycles. The standard InChI is InChI=1S/C15H17NO/c1-3-12-4-6-14(16-10-12)9-13-5-7-15(17)11(2)8-13/h4-8,10,17H,3,9H2,1-2H3. The van der Waals surface area contributed by atoms with Crippen LogP contribution in [-0.2, 0) is 12.8 Å². The highest BCUT2D eigenvalue weighted by Gasteiger charge is 2.01. The molecular weight excluding hydrogens is 210 g/mol. The van der Waals surface area contributed by atoms with Crippen LogP contribution < -0.4 is 0 Å². The average Bonchev–Trinajstić information content (AvgIpc) is 2.35. The Balaban J connectivity index is 2.16. The molecule has 0 saturated heterocycles. The Labute approximate surface area is 102 Å². The molecule has 1 aromatic carbocycles. The Kier molecular flexibility index (Phi) is 3.43. The number of hydrogen-bond donors (Lipinski definition) is 1. The lowest BCUT2D eigenvalue weighted by Crippen LogP contribution is -1.93. The number of rotatable bonds is 3. The monoisotopic (exact) mass is 227 g/mol. The quantitative estimate of drug-likeness (QED) is 0.873. The molecular formula is C15H17NO. The summed E-state index contributed by atoms with van der Waals surface area (Å²) < 4.78 is 0. The molecule has 1 aromatic heterocycles. The third kappa shape index (κ3) is 2.84. The number of aromatic nitrogens is 1. The van der Waals surface area contributed by atoms with Crippen molar-refractivity contribution in [2.24, 2.45) is 0 Å². The lowest BCUT2D eigenvalue weighted by Gasteiger charge is -2.05. The first-order valence-corrected chi connectivity index (χ1v) is 5.91. The zero-order valence-corrected chi connectivity index (χ0v) is 10.3. The second-order valence-corrected chi connectivity index (χ2v) is 4.31. The molecule has 1 N–H and O–H groups in total. The predicted molar refractivity (Wildman–Crippen MR) is 69.3 cm³/mol. The zero-order valence-electron chi connectivity index (χ0n) is 10.3. The molecule has 2 rings (SSSR count). The van der Waals surface area contributed by atoms with Gasteiger partial charge in [-0.05, 0) is 42.2 Å². The van der Waals surface area contributed by atoms with Gasteiger partial charge in [0, 0.05) is 18.3 Å². The van der Waals surface area contributed by atoms with Crippen LogP contribution in [-0.4, -0.2) is 10.1 Å². The minimum Gasteiger partial charge on any atom is -0.508 e. The van der Waals surface area contributed by atoms with Crippen LogP contribution in [0.15, 0.2) is 36.5 Å². The zero-order chi connectivity index (χ0) is 12.3. The summed E-state index contributed by atoms with van der Waals surface area (Å²) in [6.07, 6.45) is 3.76. The van der Waals surface area contributed by atoms with Gasteiger partial charge in [0.05, 0.1) is 0 Å². The van der Waals surface area contributed by atoms with Crippen molar-refractivity contribution in [1.82, 2.24) is 4.98 Å². The van der Waals surface area contributed by atoms with Crippen LogP contribution in [0.25, 0.3) is 0 Å². The van der Waals surface area contributed by atoms with Crippen molar-refractivity contribution in [1.29, 1.82) is 0 Å². The summed E-state index contributed by atoms with van der Waals surface area (Å²) in [6, 6.07) is 9.88. The molecule has 0 aliphatic heterocycles. The number of phenolic OH excluding ortho intramolecular Hbond substituents is 1. The van der Waals surface area contributed by atoms with E-state index in [4.69, 9.17) is 0 Å². The summed E-state index contributed by atoms with van der Waals surface area (Å²) in [5.74, 6) is 0.350. The first kappa shape index (κ1) is 11.6. The minimum atomic E-state index is 0.350. The maximum atomic E-state index is 9.46. The fraction of sp³-hybridized carbons (Fsp3) is 0.267. The van der Waals surface area contributed by atoms with E-state index >= 15 is 0 Å². The van der Waals surface area contributed by atoms with Crippen molar-refractivity contribution in [3.05, 3.63) is 58.9 Å². The van der Waals surface area contributed by atoms with Gasteiger partial charge in [0.2, 0.25) is 0 Å². The van der Waals surface area contributed by atoms with Gasteiger partial charge in [-0.2, -0.15) is 0 Å². The van der Waals surface area contributed by atoms with Gasteiger partial charge in [0.25, 0.3) is 0 Å². The molecule has 0 spiro atoms. The molecule has 0 unspecified atom stereocenters. The van der Waals surface area contributed by atoms with Gasteiger partial charge >= 0.3 is 0 Å². The van der Waals surface area contributed by atoms with Gasteiger partial charge in [0.1, 0.15) is 5.75 Å². The third-order valence-corrected chi connectivity index (χ3v) is 2.94. The van der Waals surface area contributed by atoms with Gasteiger partial charge in [-0.1, -0.05) is 25.1 Å². The molecule has 0 bridgehead atoms. The molecule has 0 aliphatic rings. The second kappa shape index (κ2) is 5.00. The van der Waals surface area contributed by atoms with Crippen molar-refractivity contribution in [3.8, 4) is 5.75 Å². The normalized spacial score (nSPS) is 10.5. The molecule has 2 aromatic rings. The lowest BCUT2D eigenvalue weighted by molar-refractivity contribution is 0.471. The SMILES string of the molecule is CCc1ccc(Cc2ccc(O)c(C)c2)nc1. The maximum absolute atomic E-state index is 9.46. The van der Waals surface area contributed by atoms with E-state index in [1.165, 1.54) is 11.1 Å². The van der Waals surface area contributed by atoms with E-state index in [-0.39, 0.29) is 0 Å². The average molecular weight is 227 g/mol. The van der Waals surface area contributed by atoms with Gasteiger partial charge in [-0.3, -0.25) is 4.98 Å². The number of aryl methyl sites for hydroxylation is 2. The van der Waals surface area contributed by atoms with Crippen molar-refractivity contribution >= 4 is 0 Å². The molecule has 2 nitrogen and oxygen atoms in total. The Morgan fingerprint density at radius 3 is 2.47 bits per heavy atom. The number of pyridine rings is 1. The van der Waals surface area contributed by atoms with Gasteiger partial charge < -0.3 is 5.11 Å². The highest BCUT2D eigenvalue weighted by Crippen LogP contribution is 2.18. The molecule has 2 heteroatoms. The number of hydrogen-bond acceptors (Lipinski definition) is 2. The molecule has 0 aliphatic carbocycles. The largest absolute Gasteiger partial charge is 0.508 e. The van der Waals surface area contributed by atoms with Gasteiger partial charge in [-0.25, -0.2) is 0 Å². The van der Waals surface area contributed by atoms with E-state index < -0.39 is 0 Å². The van der Waals surface area contributed by atoms with E-state index in [2.05, 4.69) is 24.0 Å². The van der Waals surface area contributed by atoms with Gasteiger partial charge in [0.15, 0.2) is 0 Å². The Morgan fingerprint density at radius 1 is 1.12 bits per heavy atom. The van der Waals surface area contributed by atoms with E-state index in [0.29, 0.717) is 5.75 Å². The number of nitrogens with zero attached hydrogens (tertiary/aromatic N) is 1. The fourth-order valence-electron chi connectivity index (χ4n) is 1.81. The molecule has 0 amide bonds. The van der Waals surface area contributed by atoms with E-state index in [1.54, 1.807) is 6.07 Å². The minimum absolute atomic E-state index is 0.350. The molecule has 88 valence electrons. The smallest absolute Gasteiger partial charge is 0.118 e. The molecule has 0 atom stereocenters. The summed E-state index contributed by atoms with van der Waals surface area (Å²) in [6.45, 7) is 4.03. The van der Waals surface area contributed by atoms with Crippen LogP contribution in [0, 0.1) is 6.92 Å². The fourth-order valence-corrected chi connectivity index (χ4v) is 1.81. The van der Waals surface area contributed by atoms with Crippen molar-refractivity contribution in [3.63, 3.8) is 0 Å². The molecule has 0 fully saturated rings. The van der Waals surface area contributed by atoms with E-state index in [1.807, 2.05) is 25.3 Å². The summed E-state index contributed by atoms with van der Waals surface area (Å²) in [4.78, 5) is 4.43. The van der Waals surface area contributed by atoms with E-state index in [9.17, 15) is 5.11 Å². The third-order valence-electron chi connectivity index (χ3n) is 2.94. The second-order valence-electron chi connectivity index (χ2n) is 4.31. The summed E-state index contributed by atoms with van der Waals surface area (Å²) in [7, 11) is 0. The number of phenols is 1. The van der Waals surface area contributed by atoms with Crippen molar-refractivity contribution < 1.29 is 5.11 Å². The van der Waals surface area contributed by atoms with Crippen LogP contribution in [0.1, 0.15) is 29.3 Å². The lowest BCUT2D eigenvalue weighted by atomic mass is 10.1. The summed E-state index contributed by atoms with van der Waals surface area (Å²) in [5, 5.41) is 9.46. The van der Waals surface area contributed by atoms with Gasteiger partial charge in [-0.15, -0.1) is 0 Å². The Morgan fingerprint density at radius 2 is 1.88 bits per heavy atom. The molecule has 17 heavy (non-hydrogen) atoms. The first-order chi connectivity index (χ1) is 8.19. The van der Waals surface area contributed by atoms with E-state index in [0.717, 1.165) is 24.1 Å². The summed E-state index contributed by atoms with van der Waals surface area (Å²) in [5.41, 5.74) is 4.41.